The van der Waals surface area contributed by atoms with Crippen LogP contribution < -0.4 is 16.4 Å². The lowest BCUT2D eigenvalue weighted by Gasteiger charge is -2.35. The number of rotatable bonds is 14. The Bertz CT molecular complexity index is 1570. The van der Waals surface area contributed by atoms with Crippen molar-refractivity contribution in [1.29, 1.82) is 0 Å². The van der Waals surface area contributed by atoms with Crippen LogP contribution in [0.4, 0.5) is 4.79 Å². The fourth-order valence-corrected chi connectivity index (χ4v) is 7.33. The number of piperidine rings is 1. The molecule has 0 saturated carbocycles. The Balaban J connectivity index is 1.29. The molecule has 3 aromatic carbocycles. The smallest absolute Gasteiger partial charge is 0.408 e. The fraction of sp³-hybridized carbons (Fsp3) is 0.375. The van der Waals surface area contributed by atoms with Gasteiger partial charge in [-0.25, -0.2) is 4.79 Å². The minimum absolute atomic E-state index is 0.0180. The molecule has 3 unspecified atom stereocenters. The zero-order valence-corrected chi connectivity index (χ0v) is 27.0. The molecule has 0 aliphatic carbocycles. The summed E-state index contributed by atoms with van der Waals surface area (Å²) in [6, 6.07) is 21.0. The summed E-state index contributed by atoms with van der Waals surface area (Å²) in [6.07, 6.45) is 1.29. The van der Waals surface area contributed by atoms with Crippen molar-refractivity contribution in [2.24, 2.45) is 5.73 Å². The van der Waals surface area contributed by atoms with E-state index in [9.17, 15) is 33.5 Å². The molecule has 3 aromatic rings. The Kier molecular flexibility index (Phi) is 12.6. The molecule has 6 N–H and O–H groups in total. The number of nitrogens with two attached hydrogens (primary N) is 1. The largest absolute Gasteiger partial charge is 0.449 e. The van der Waals surface area contributed by atoms with E-state index >= 15 is 0 Å². The van der Waals surface area contributed by atoms with E-state index in [1.165, 1.54) is 4.90 Å². The van der Waals surface area contributed by atoms with Crippen LogP contribution in [0.5, 0.6) is 0 Å². The van der Waals surface area contributed by atoms with E-state index < -0.39 is 42.7 Å². The first kappa shape index (κ1) is 35.0. The van der Waals surface area contributed by atoms with Crippen LogP contribution in [0.3, 0.4) is 0 Å². The van der Waals surface area contributed by atoms with Gasteiger partial charge in [0, 0.05) is 31.6 Å². The summed E-state index contributed by atoms with van der Waals surface area (Å²) in [5, 5.41) is 5.35. The highest BCUT2D eigenvalue weighted by Gasteiger charge is 2.35. The maximum atomic E-state index is 13.4. The lowest BCUT2D eigenvalue weighted by Crippen LogP contribution is -2.56. The number of primary amides is 1. The summed E-state index contributed by atoms with van der Waals surface area (Å²) in [4.78, 5) is 72.1. The number of nitrogens with zero attached hydrogens (tertiary/aromatic N) is 1. The number of likely N-dealkylation sites (tertiary alicyclic amines) is 1. The summed E-state index contributed by atoms with van der Waals surface area (Å²) < 4.78 is 17.1. The van der Waals surface area contributed by atoms with E-state index in [1.807, 2.05) is 72.8 Å². The number of hydrogen-bond donors (Lipinski definition) is 5. The second-order valence-corrected chi connectivity index (χ2v) is 14.3. The van der Waals surface area contributed by atoms with Gasteiger partial charge in [-0.15, -0.1) is 11.8 Å². The highest BCUT2D eigenvalue weighted by atomic mass is 32.2. The molecule has 3 atom stereocenters. The minimum Gasteiger partial charge on any atom is -0.449 e. The number of ether oxygens (including phenoxy) is 1. The Morgan fingerprint density at radius 1 is 0.957 bits per heavy atom. The van der Waals surface area contributed by atoms with Gasteiger partial charge in [0.1, 0.15) is 12.1 Å². The van der Waals surface area contributed by atoms with E-state index in [0.29, 0.717) is 32.2 Å². The van der Waals surface area contributed by atoms with E-state index in [2.05, 4.69) is 10.6 Å². The molecule has 0 bridgehead atoms. The Hall–Kier alpha value is -3.90. The van der Waals surface area contributed by atoms with Gasteiger partial charge in [0.25, 0.3) is 0 Å². The van der Waals surface area contributed by atoms with Crippen LogP contribution in [0.2, 0.25) is 0 Å². The third-order valence-corrected chi connectivity index (χ3v) is 10.5. The van der Waals surface area contributed by atoms with Crippen LogP contribution in [-0.4, -0.2) is 74.6 Å². The van der Waals surface area contributed by atoms with Crippen molar-refractivity contribution < 1.29 is 38.3 Å². The van der Waals surface area contributed by atoms with Crippen LogP contribution in [0.15, 0.2) is 72.8 Å². The van der Waals surface area contributed by atoms with Crippen LogP contribution in [0.25, 0.3) is 10.8 Å². The number of nitrogens with one attached hydrogen (secondary N) is 2. The van der Waals surface area contributed by atoms with Crippen molar-refractivity contribution in [2.75, 3.05) is 18.9 Å². The third kappa shape index (κ3) is 10.3. The maximum absolute atomic E-state index is 13.4. The molecule has 1 heterocycles. The fourth-order valence-electron chi connectivity index (χ4n) is 5.27. The first-order valence-corrected chi connectivity index (χ1v) is 17.7. The summed E-state index contributed by atoms with van der Waals surface area (Å²) in [5.41, 5.74) is 7.41. The van der Waals surface area contributed by atoms with Gasteiger partial charge in [-0.05, 0) is 41.2 Å². The van der Waals surface area contributed by atoms with E-state index in [1.54, 1.807) is 0 Å². The predicted molar refractivity (Wildman–Crippen MR) is 176 cm³/mol. The van der Waals surface area contributed by atoms with Crippen LogP contribution in [0.1, 0.15) is 36.8 Å². The van der Waals surface area contributed by atoms with Gasteiger partial charge in [-0.1, -0.05) is 72.8 Å². The molecular weight excluding hydrogens is 631 g/mol. The number of alkyl carbamates (subject to hydrolysis) is 1. The molecule has 1 aliphatic heterocycles. The van der Waals surface area contributed by atoms with Crippen molar-refractivity contribution in [2.45, 2.75) is 55.7 Å². The normalized spacial score (nSPS) is 16.3. The Morgan fingerprint density at radius 3 is 2.39 bits per heavy atom. The standard InChI is InChI=1S/C32H39N4O8PS/c33-29(38)26(21-23-13-14-24-10-4-5-11-25(24)20-23)34-30(39)27-12-6-7-17-36(27)28(37)16-19-46-32(45(41,42)43)35-31(40)44-18-15-22-8-2-1-3-9-22/h1-5,8-11,13-14,20,26-27,32H,6-7,12,15-19,21H2,(H2,33,38)(H,34,39)(H,35,40)(H2,41,42,43). The molecule has 0 spiro atoms. The molecule has 1 saturated heterocycles. The third-order valence-electron chi connectivity index (χ3n) is 7.64. The van der Waals surface area contributed by atoms with E-state index in [-0.39, 0.29) is 31.1 Å². The van der Waals surface area contributed by atoms with Gasteiger partial charge in [-0.3, -0.25) is 24.3 Å². The van der Waals surface area contributed by atoms with Crippen molar-refractivity contribution in [1.82, 2.24) is 15.5 Å². The van der Waals surface area contributed by atoms with Crippen LogP contribution in [-0.2, 0) is 36.5 Å². The molecule has 12 nitrogen and oxygen atoms in total. The highest BCUT2D eigenvalue weighted by molar-refractivity contribution is 8.05. The Morgan fingerprint density at radius 2 is 1.67 bits per heavy atom. The van der Waals surface area contributed by atoms with Crippen molar-refractivity contribution in [3.8, 4) is 0 Å². The van der Waals surface area contributed by atoms with E-state index in [0.717, 1.165) is 33.7 Å². The average molecular weight is 671 g/mol. The molecule has 46 heavy (non-hydrogen) atoms. The predicted octanol–water partition coefficient (Wildman–Crippen LogP) is 3.29. The second kappa shape index (κ2) is 16.6. The Labute approximate surface area is 271 Å². The van der Waals surface area contributed by atoms with Crippen LogP contribution >= 0.6 is 19.4 Å². The number of hydrogen-bond acceptors (Lipinski definition) is 7. The summed E-state index contributed by atoms with van der Waals surface area (Å²) >= 11 is 0.721. The zero-order chi connectivity index (χ0) is 33.1. The van der Waals surface area contributed by atoms with Crippen molar-refractivity contribution in [3.05, 3.63) is 83.9 Å². The number of amides is 4. The maximum Gasteiger partial charge on any atom is 0.408 e. The van der Waals surface area contributed by atoms with Gasteiger partial charge in [-0.2, -0.15) is 0 Å². The van der Waals surface area contributed by atoms with Gasteiger partial charge in [0.2, 0.25) is 17.7 Å². The molecule has 1 aliphatic rings. The zero-order valence-electron chi connectivity index (χ0n) is 25.2. The number of fused-ring (bicyclic) bond motifs is 1. The number of thioether (sulfide) groups is 1. The monoisotopic (exact) mass is 670 g/mol. The molecule has 1 fully saturated rings. The molecule has 14 heteroatoms. The number of carbonyl (C=O) groups excluding carboxylic acids is 4. The first-order chi connectivity index (χ1) is 22.0. The van der Waals surface area contributed by atoms with Gasteiger partial charge >= 0.3 is 13.7 Å². The van der Waals surface area contributed by atoms with Gasteiger partial charge < -0.3 is 30.5 Å². The minimum atomic E-state index is -4.79. The lowest BCUT2D eigenvalue weighted by molar-refractivity contribution is -0.142. The van der Waals surface area contributed by atoms with Gasteiger partial charge in [0.15, 0.2) is 5.11 Å². The van der Waals surface area contributed by atoms with Crippen molar-refractivity contribution >= 4 is 53.9 Å². The SMILES string of the molecule is NC(=O)C(Cc1ccc2ccccc2c1)NC(=O)C1CCCCN1C(=O)CCSC(NC(=O)OCCc1ccccc1)P(=O)(O)O. The average Bonchev–Trinajstić information content (AvgIpc) is 3.03. The van der Waals surface area contributed by atoms with Crippen LogP contribution in [0, 0.1) is 0 Å². The topological polar surface area (TPSA) is 188 Å². The molecular formula is C32H39N4O8PS. The molecule has 0 radical (unpaired) electrons. The summed E-state index contributed by atoms with van der Waals surface area (Å²) in [7, 11) is -4.79. The summed E-state index contributed by atoms with van der Waals surface area (Å²) in [6.45, 7) is 0.339. The molecule has 0 aromatic heterocycles. The molecule has 4 rings (SSSR count). The lowest BCUT2D eigenvalue weighted by atomic mass is 9.98. The first-order valence-electron chi connectivity index (χ1n) is 15.0. The molecule has 246 valence electrons. The number of carbonyl (C=O) groups is 4. The van der Waals surface area contributed by atoms with Gasteiger partial charge in [0.05, 0.1) is 6.61 Å². The molecule has 4 amide bonds. The summed E-state index contributed by atoms with van der Waals surface area (Å²) in [5.74, 6) is -1.60. The van der Waals surface area contributed by atoms with Crippen molar-refractivity contribution in [3.63, 3.8) is 0 Å². The van der Waals surface area contributed by atoms with E-state index in [4.69, 9.17) is 10.5 Å². The quantitative estimate of drug-likeness (QED) is 0.127. The highest BCUT2D eigenvalue weighted by Crippen LogP contribution is 2.45. The second-order valence-electron chi connectivity index (χ2n) is 11.0. The number of benzene rings is 3.